The number of ether oxygens (including phenoxy) is 1. The van der Waals surface area contributed by atoms with E-state index in [0.717, 1.165) is 16.9 Å². The molecule has 0 saturated carbocycles. The zero-order valence-corrected chi connectivity index (χ0v) is 11.9. The number of aliphatic hydroxyl groups is 1. The van der Waals surface area contributed by atoms with Crippen LogP contribution < -0.4 is 10.1 Å². The first kappa shape index (κ1) is 15.5. The summed E-state index contributed by atoms with van der Waals surface area (Å²) in [5.41, 5.74) is 2.21. The number of benzene rings is 1. The van der Waals surface area contributed by atoms with E-state index in [1.54, 1.807) is 0 Å². The average Bonchev–Trinajstić information content (AvgIpc) is 2.33. The Balaban J connectivity index is 2.33. The summed E-state index contributed by atoms with van der Waals surface area (Å²) in [5.74, 6) is 0.780. The maximum Gasteiger partial charge on any atom is 0.223 e. The first-order valence-corrected chi connectivity index (χ1v) is 6.63. The van der Waals surface area contributed by atoms with Crippen molar-refractivity contribution in [2.24, 2.45) is 0 Å². The first-order chi connectivity index (χ1) is 9.02. The molecular formula is C15H23NO3. The molecule has 1 aromatic rings. The van der Waals surface area contributed by atoms with Crippen molar-refractivity contribution in [3.63, 3.8) is 0 Å². The Labute approximate surface area is 114 Å². The van der Waals surface area contributed by atoms with Crippen LogP contribution in [0.2, 0.25) is 0 Å². The predicted octanol–water partition coefficient (Wildman–Crippen LogP) is 1.96. The molecule has 4 nitrogen and oxygen atoms in total. The van der Waals surface area contributed by atoms with Gasteiger partial charge >= 0.3 is 0 Å². The highest BCUT2D eigenvalue weighted by Gasteiger charge is 2.07. The Bertz CT molecular complexity index is 418. The van der Waals surface area contributed by atoms with Gasteiger partial charge in [0.25, 0.3) is 0 Å². The number of hydrogen-bond acceptors (Lipinski definition) is 3. The molecular weight excluding hydrogens is 242 g/mol. The van der Waals surface area contributed by atoms with Crippen molar-refractivity contribution in [2.75, 3.05) is 13.2 Å². The topological polar surface area (TPSA) is 58.6 Å². The lowest BCUT2D eigenvalue weighted by molar-refractivity contribution is -0.122. The lowest BCUT2D eigenvalue weighted by Gasteiger charge is -2.13. The molecule has 0 aliphatic heterocycles. The molecule has 19 heavy (non-hydrogen) atoms. The van der Waals surface area contributed by atoms with E-state index < -0.39 is 0 Å². The summed E-state index contributed by atoms with van der Waals surface area (Å²) in [5, 5.41) is 11.6. The van der Waals surface area contributed by atoms with Crippen LogP contribution in [0.15, 0.2) is 18.2 Å². The lowest BCUT2D eigenvalue weighted by Crippen LogP contribution is -2.33. The Hall–Kier alpha value is -1.55. The van der Waals surface area contributed by atoms with Crippen molar-refractivity contribution in [2.45, 2.75) is 39.7 Å². The van der Waals surface area contributed by atoms with E-state index in [4.69, 9.17) is 9.84 Å². The minimum Gasteiger partial charge on any atom is -0.493 e. The first-order valence-electron chi connectivity index (χ1n) is 6.63. The van der Waals surface area contributed by atoms with Gasteiger partial charge in [-0.3, -0.25) is 4.79 Å². The normalized spacial score (nSPS) is 12.0. The molecule has 2 N–H and O–H groups in total. The van der Waals surface area contributed by atoms with Crippen molar-refractivity contribution in [1.82, 2.24) is 5.32 Å². The Kier molecular flexibility index (Phi) is 6.36. The summed E-state index contributed by atoms with van der Waals surface area (Å²) in [6.45, 7) is 6.32. The zero-order chi connectivity index (χ0) is 14.3. The number of rotatable bonds is 7. The van der Waals surface area contributed by atoms with Gasteiger partial charge in [0.1, 0.15) is 5.75 Å². The van der Waals surface area contributed by atoms with Gasteiger partial charge in [-0.2, -0.15) is 0 Å². The molecule has 0 heterocycles. The number of aliphatic hydroxyl groups excluding tert-OH is 1. The van der Waals surface area contributed by atoms with Gasteiger partial charge in [-0.15, -0.1) is 0 Å². The fourth-order valence-electron chi connectivity index (χ4n) is 1.73. The summed E-state index contributed by atoms with van der Waals surface area (Å²) in [7, 11) is 0. The molecule has 0 aliphatic carbocycles. The van der Waals surface area contributed by atoms with Crippen LogP contribution in [0.5, 0.6) is 5.75 Å². The smallest absolute Gasteiger partial charge is 0.223 e. The van der Waals surface area contributed by atoms with Crippen LogP contribution in [-0.4, -0.2) is 30.3 Å². The van der Waals surface area contributed by atoms with Crippen LogP contribution in [0.3, 0.4) is 0 Å². The summed E-state index contributed by atoms with van der Waals surface area (Å²) in [6.07, 6.45) is 0.896. The van der Waals surface area contributed by atoms with Crippen molar-refractivity contribution in [3.05, 3.63) is 29.3 Å². The van der Waals surface area contributed by atoms with Gasteiger partial charge in [0.15, 0.2) is 0 Å². The molecule has 0 saturated heterocycles. The highest BCUT2D eigenvalue weighted by Crippen LogP contribution is 2.19. The summed E-state index contributed by atoms with van der Waals surface area (Å²) in [4.78, 5) is 11.6. The quantitative estimate of drug-likeness (QED) is 0.792. The van der Waals surface area contributed by atoms with E-state index in [1.165, 1.54) is 0 Å². The second-order valence-corrected chi connectivity index (χ2v) is 4.85. The predicted molar refractivity (Wildman–Crippen MR) is 75.3 cm³/mol. The molecule has 106 valence electrons. The van der Waals surface area contributed by atoms with Gasteiger partial charge < -0.3 is 15.2 Å². The number of carbonyl (C=O) groups excluding carboxylic acids is 1. The molecule has 0 aromatic heterocycles. The van der Waals surface area contributed by atoms with Crippen LogP contribution in [0, 0.1) is 13.8 Å². The largest absolute Gasteiger partial charge is 0.493 e. The molecule has 4 heteroatoms. The second kappa shape index (κ2) is 7.79. The molecule has 0 aliphatic rings. The molecule has 0 bridgehead atoms. The highest BCUT2D eigenvalue weighted by atomic mass is 16.5. The fourth-order valence-corrected chi connectivity index (χ4v) is 1.73. The monoisotopic (exact) mass is 265 g/mol. The van der Waals surface area contributed by atoms with Gasteiger partial charge in [0, 0.05) is 12.6 Å². The second-order valence-electron chi connectivity index (χ2n) is 4.85. The van der Waals surface area contributed by atoms with Gasteiger partial charge in [0.05, 0.1) is 13.0 Å². The van der Waals surface area contributed by atoms with Crippen molar-refractivity contribution in [3.8, 4) is 5.75 Å². The van der Waals surface area contributed by atoms with E-state index >= 15 is 0 Å². The van der Waals surface area contributed by atoms with Gasteiger partial charge in [0.2, 0.25) is 5.91 Å². The van der Waals surface area contributed by atoms with E-state index in [1.807, 2.05) is 39.0 Å². The standard InChI is InChI=1S/C15H23NO3/c1-11-4-5-12(2)14(10-11)19-9-7-15(18)16-13(3)6-8-17/h4-5,10,13,17H,6-9H2,1-3H3,(H,16,18). The van der Waals surface area contributed by atoms with E-state index in [2.05, 4.69) is 5.32 Å². The fraction of sp³-hybridized carbons (Fsp3) is 0.533. The summed E-state index contributed by atoms with van der Waals surface area (Å²) >= 11 is 0. The van der Waals surface area contributed by atoms with Crippen LogP contribution in [0.4, 0.5) is 0 Å². The third kappa shape index (κ3) is 5.75. The lowest BCUT2D eigenvalue weighted by atomic mass is 10.1. The number of carbonyl (C=O) groups is 1. The molecule has 0 fully saturated rings. The van der Waals surface area contributed by atoms with Crippen LogP contribution in [0.25, 0.3) is 0 Å². The molecule has 1 aromatic carbocycles. The third-order valence-corrected chi connectivity index (χ3v) is 2.90. The molecule has 1 amide bonds. The molecule has 0 radical (unpaired) electrons. The van der Waals surface area contributed by atoms with E-state index in [0.29, 0.717) is 19.4 Å². The zero-order valence-electron chi connectivity index (χ0n) is 11.9. The minimum absolute atomic E-state index is 0.00166. The SMILES string of the molecule is Cc1ccc(C)c(OCCC(=O)NC(C)CCO)c1. The third-order valence-electron chi connectivity index (χ3n) is 2.90. The Morgan fingerprint density at radius 1 is 1.42 bits per heavy atom. The van der Waals surface area contributed by atoms with Crippen molar-refractivity contribution < 1.29 is 14.6 Å². The van der Waals surface area contributed by atoms with Crippen molar-refractivity contribution >= 4 is 5.91 Å². The summed E-state index contributed by atoms with van der Waals surface area (Å²) < 4.78 is 5.62. The number of aryl methyl sites for hydroxylation is 2. The van der Waals surface area contributed by atoms with Gasteiger partial charge in [-0.1, -0.05) is 12.1 Å². The maximum absolute atomic E-state index is 11.6. The maximum atomic E-state index is 11.6. The molecule has 0 spiro atoms. The van der Waals surface area contributed by atoms with Crippen LogP contribution in [0.1, 0.15) is 30.9 Å². The Morgan fingerprint density at radius 3 is 2.84 bits per heavy atom. The molecule has 1 rings (SSSR count). The molecule has 1 unspecified atom stereocenters. The number of nitrogens with one attached hydrogen (secondary N) is 1. The van der Waals surface area contributed by atoms with Gasteiger partial charge in [-0.05, 0) is 44.4 Å². The summed E-state index contributed by atoms with van der Waals surface area (Å²) in [6, 6.07) is 6.01. The Morgan fingerprint density at radius 2 is 2.16 bits per heavy atom. The highest BCUT2D eigenvalue weighted by molar-refractivity contribution is 5.76. The van der Waals surface area contributed by atoms with E-state index in [-0.39, 0.29) is 18.6 Å². The number of hydrogen-bond donors (Lipinski definition) is 2. The molecule has 1 atom stereocenters. The van der Waals surface area contributed by atoms with Crippen LogP contribution >= 0.6 is 0 Å². The van der Waals surface area contributed by atoms with Gasteiger partial charge in [-0.25, -0.2) is 0 Å². The minimum atomic E-state index is -0.0498. The number of amides is 1. The van der Waals surface area contributed by atoms with Crippen LogP contribution in [-0.2, 0) is 4.79 Å². The van der Waals surface area contributed by atoms with Crippen molar-refractivity contribution in [1.29, 1.82) is 0 Å². The average molecular weight is 265 g/mol. The van der Waals surface area contributed by atoms with E-state index in [9.17, 15) is 4.79 Å².